The van der Waals surface area contributed by atoms with Crippen molar-refractivity contribution >= 4 is 17.3 Å². The molecular formula is C14H13ClN4O. The molecule has 6 heteroatoms. The molecule has 2 aromatic rings. The van der Waals surface area contributed by atoms with E-state index in [1.807, 2.05) is 19.1 Å². The molecule has 0 fully saturated rings. The summed E-state index contributed by atoms with van der Waals surface area (Å²) in [5, 5.41) is 12.8. The number of terminal acetylenes is 1. The summed E-state index contributed by atoms with van der Waals surface area (Å²) in [5.74, 6) is 2.34. The number of halogens is 1. The van der Waals surface area contributed by atoms with Gasteiger partial charge in [0.1, 0.15) is 11.4 Å². The number of benzene rings is 1. The minimum atomic E-state index is 0.127. The number of hydrogen-bond donors (Lipinski definition) is 0. The molecule has 20 heavy (non-hydrogen) atoms. The molecule has 1 heterocycles. The molecular weight excluding hydrogens is 276 g/mol. The summed E-state index contributed by atoms with van der Waals surface area (Å²) >= 11 is 5.87. The molecule has 0 N–H and O–H groups in total. The van der Waals surface area contributed by atoms with Gasteiger partial charge in [-0.1, -0.05) is 27.9 Å². The van der Waals surface area contributed by atoms with Gasteiger partial charge >= 0.3 is 0 Å². The Hall–Kier alpha value is -2.32. The van der Waals surface area contributed by atoms with E-state index < -0.39 is 0 Å². The van der Waals surface area contributed by atoms with Crippen LogP contribution in [-0.2, 0) is 4.84 Å². The van der Waals surface area contributed by atoms with Gasteiger partial charge in [-0.05, 0) is 38.1 Å². The highest BCUT2D eigenvalue weighted by atomic mass is 35.5. The van der Waals surface area contributed by atoms with E-state index >= 15 is 0 Å². The van der Waals surface area contributed by atoms with E-state index in [4.69, 9.17) is 22.9 Å². The Balaban J connectivity index is 2.29. The van der Waals surface area contributed by atoms with Gasteiger partial charge in [-0.25, -0.2) is 4.68 Å². The van der Waals surface area contributed by atoms with E-state index in [0.29, 0.717) is 16.4 Å². The topological polar surface area (TPSA) is 52.3 Å². The molecule has 1 aromatic carbocycles. The lowest BCUT2D eigenvalue weighted by molar-refractivity contribution is 0.180. The first-order chi connectivity index (χ1) is 9.63. The number of hydrogen-bond acceptors (Lipinski definition) is 4. The van der Waals surface area contributed by atoms with Crippen LogP contribution in [0.1, 0.15) is 18.3 Å². The minimum absolute atomic E-state index is 0.127. The molecule has 0 amide bonds. The van der Waals surface area contributed by atoms with E-state index in [-0.39, 0.29) is 6.61 Å². The molecule has 0 aliphatic rings. The van der Waals surface area contributed by atoms with Crippen molar-refractivity contribution in [2.45, 2.75) is 13.8 Å². The van der Waals surface area contributed by atoms with Crippen molar-refractivity contribution in [3.63, 3.8) is 0 Å². The van der Waals surface area contributed by atoms with Crippen molar-refractivity contribution in [2.24, 2.45) is 5.16 Å². The monoisotopic (exact) mass is 288 g/mol. The van der Waals surface area contributed by atoms with E-state index in [0.717, 1.165) is 11.4 Å². The maximum absolute atomic E-state index is 5.87. The summed E-state index contributed by atoms with van der Waals surface area (Å²) in [4.78, 5) is 4.94. The molecule has 0 aliphatic heterocycles. The lowest BCUT2D eigenvalue weighted by atomic mass is 10.2. The molecule has 0 unspecified atom stereocenters. The molecule has 5 nitrogen and oxygen atoms in total. The van der Waals surface area contributed by atoms with Gasteiger partial charge in [0.15, 0.2) is 6.61 Å². The van der Waals surface area contributed by atoms with E-state index in [2.05, 4.69) is 21.4 Å². The molecule has 0 aliphatic carbocycles. The number of rotatable bonds is 4. The molecule has 0 saturated carbocycles. The van der Waals surface area contributed by atoms with Crippen LogP contribution in [0.15, 0.2) is 29.4 Å². The van der Waals surface area contributed by atoms with Crippen LogP contribution >= 0.6 is 11.6 Å². The Bertz CT molecular complexity index is 667. The number of oxime groups is 1. The quantitative estimate of drug-likeness (QED) is 0.376. The second-order valence-corrected chi connectivity index (χ2v) is 4.50. The predicted molar refractivity (Wildman–Crippen MR) is 78.1 cm³/mol. The van der Waals surface area contributed by atoms with Crippen molar-refractivity contribution in [3.05, 3.63) is 40.7 Å². The first-order valence-electron chi connectivity index (χ1n) is 5.92. The normalized spacial score (nSPS) is 11.2. The first-order valence-corrected chi connectivity index (χ1v) is 6.30. The lowest BCUT2D eigenvalue weighted by Crippen LogP contribution is -2.02. The van der Waals surface area contributed by atoms with Gasteiger partial charge in [-0.15, -0.1) is 11.5 Å². The fraction of sp³-hybridized carbons (Fsp3) is 0.214. The fourth-order valence-corrected chi connectivity index (χ4v) is 1.83. The standard InChI is InChI=1S/C14H13ClN4O/c1-4-9-20-17-10(2)14-11(3)19(18-16-14)13-7-5-12(15)6-8-13/h1,5-8H,9H2,2-3H3. The van der Waals surface area contributed by atoms with E-state index in [9.17, 15) is 0 Å². The molecule has 0 atom stereocenters. The predicted octanol–water partition coefficient (Wildman–Crippen LogP) is 2.60. The summed E-state index contributed by atoms with van der Waals surface area (Å²) in [7, 11) is 0. The van der Waals surface area contributed by atoms with Crippen molar-refractivity contribution in [1.29, 1.82) is 0 Å². The van der Waals surface area contributed by atoms with Gasteiger partial charge in [0.25, 0.3) is 0 Å². The molecule has 0 bridgehead atoms. The van der Waals surface area contributed by atoms with Crippen LogP contribution in [0.2, 0.25) is 5.02 Å². The van der Waals surface area contributed by atoms with Gasteiger partial charge in [-0.3, -0.25) is 0 Å². The highest BCUT2D eigenvalue weighted by molar-refractivity contribution is 6.30. The molecule has 0 saturated heterocycles. The average Bonchev–Trinajstić information content (AvgIpc) is 2.82. The van der Waals surface area contributed by atoms with E-state index in [1.165, 1.54) is 0 Å². The molecule has 0 spiro atoms. The molecule has 0 radical (unpaired) electrons. The van der Waals surface area contributed by atoms with Crippen molar-refractivity contribution in [3.8, 4) is 18.0 Å². The van der Waals surface area contributed by atoms with Crippen molar-refractivity contribution < 1.29 is 4.84 Å². The zero-order chi connectivity index (χ0) is 14.5. The summed E-state index contributed by atoms with van der Waals surface area (Å²) in [6.07, 6.45) is 5.09. The van der Waals surface area contributed by atoms with Crippen molar-refractivity contribution in [1.82, 2.24) is 15.0 Å². The first kappa shape index (κ1) is 14.1. The minimum Gasteiger partial charge on any atom is -0.382 e. The Labute approximate surface area is 122 Å². The van der Waals surface area contributed by atoms with Gasteiger partial charge < -0.3 is 4.84 Å². The van der Waals surface area contributed by atoms with E-state index in [1.54, 1.807) is 23.7 Å². The third kappa shape index (κ3) is 2.98. The Morgan fingerprint density at radius 1 is 1.45 bits per heavy atom. The van der Waals surface area contributed by atoms with Crippen LogP contribution in [0.25, 0.3) is 5.69 Å². The molecule has 102 valence electrons. The van der Waals surface area contributed by atoms with Crippen LogP contribution < -0.4 is 0 Å². The molecule has 2 rings (SSSR count). The third-order valence-electron chi connectivity index (χ3n) is 2.66. The summed E-state index contributed by atoms with van der Waals surface area (Å²) in [6, 6.07) is 7.34. The van der Waals surface area contributed by atoms with Gasteiger partial charge in [0, 0.05) is 5.02 Å². The zero-order valence-corrected chi connectivity index (χ0v) is 11.9. The summed E-state index contributed by atoms with van der Waals surface area (Å²) in [5.41, 5.74) is 3.02. The second-order valence-electron chi connectivity index (χ2n) is 4.07. The van der Waals surface area contributed by atoms with Crippen LogP contribution in [-0.4, -0.2) is 27.3 Å². The average molecular weight is 289 g/mol. The molecule has 1 aromatic heterocycles. The lowest BCUT2D eigenvalue weighted by Gasteiger charge is -2.03. The summed E-state index contributed by atoms with van der Waals surface area (Å²) < 4.78 is 1.71. The second kappa shape index (κ2) is 6.22. The third-order valence-corrected chi connectivity index (χ3v) is 2.91. The fourth-order valence-electron chi connectivity index (χ4n) is 1.70. The zero-order valence-electron chi connectivity index (χ0n) is 11.2. The van der Waals surface area contributed by atoms with Gasteiger partial charge in [-0.2, -0.15) is 0 Å². The number of aromatic nitrogens is 3. The Kier molecular flexibility index (Phi) is 4.38. The van der Waals surface area contributed by atoms with Gasteiger partial charge in [0.2, 0.25) is 0 Å². The van der Waals surface area contributed by atoms with Crippen LogP contribution in [0.5, 0.6) is 0 Å². The van der Waals surface area contributed by atoms with Crippen LogP contribution in [0.3, 0.4) is 0 Å². The maximum atomic E-state index is 5.87. The Morgan fingerprint density at radius 2 is 2.15 bits per heavy atom. The summed E-state index contributed by atoms with van der Waals surface area (Å²) in [6.45, 7) is 3.82. The largest absolute Gasteiger partial charge is 0.382 e. The van der Waals surface area contributed by atoms with Gasteiger partial charge in [0.05, 0.1) is 11.4 Å². The van der Waals surface area contributed by atoms with Crippen LogP contribution in [0, 0.1) is 19.3 Å². The van der Waals surface area contributed by atoms with Crippen molar-refractivity contribution in [2.75, 3.05) is 6.61 Å². The maximum Gasteiger partial charge on any atom is 0.177 e. The smallest absolute Gasteiger partial charge is 0.177 e. The Morgan fingerprint density at radius 3 is 2.80 bits per heavy atom. The highest BCUT2D eigenvalue weighted by Gasteiger charge is 2.13. The van der Waals surface area contributed by atoms with Crippen LogP contribution in [0.4, 0.5) is 0 Å². The highest BCUT2D eigenvalue weighted by Crippen LogP contribution is 2.16. The SMILES string of the molecule is C#CCON=C(C)c1nnn(-c2ccc(Cl)cc2)c1C. The number of nitrogens with zero attached hydrogens (tertiary/aromatic N) is 4.